The third kappa shape index (κ3) is 4.80. The normalized spacial score (nSPS) is 15.9. The van der Waals surface area contributed by atoms with Gasteiger partial charge in [0.1, 0.15) is 0 Å². The maximum atomic E-state index is 13.1. The second-order valence-electron chi connectivity index (χ2n) is 6.66. The molecule has 0 radical (unpaired) electrons. The summed E-state index contributed by atoms with van der Waals surface area (Å²) in [6.07, 6.45) is 6.03. The lowest BCUT2D eigenvalue weighted by molar-refractivity contribution is 0.0594. The summed E-state index contributed by atoms with van der Waals surface area (Å²) in [5, 5.41) is 0.497. The second-order valence-corrected chi connectivity index (χ2v) is 7.10. The van der Waals surface area contributed by atoms with E-state index in [0.717, 1.165) is 32.4 Å². The lowest BCUT2D eigenvalue weighted by atomic mass is 10.0. The van der Waals surface area contributed by atoms with E-state index in [1.54, 1.807) is 18.5 Å². The first kappa shape index (κ1) is 17.9. The van der Waals surface area contributed by atoms with Crippen LogP contribution in [0.5, 0.6) is 0 Å². The summed E-state index contributed by atoms with van der Waals surface area (Å²) in [4.78, 5) is 21.5. The zero-order valence-electron chi connectivity index (χ0n) is 14.6. The van der Waals surface area contributed by atoms with Gasteiger partial charge < -0.3 is 9.80 Å². The molecule has 3 rings (SSSR count). The Hall–Kier alpha value is -1.91. The standard InChI is InChI=1S/C20H24ClN3O/c1-23-10-8-19(9-11-23)24(12-7-16-5-3-2-4-6-16)20(25)17-13-18(21)15-22-14-17/h2-6,13-15,19H,7-12H2,1H3. The molecule has 2 heterocycles. The number of hydrogen-bond donors (Lipinski definition) is 0. The molecule has 132 valence electrons. The first-order valence-electron chi connectivity index (χ1n) is 8.77. The lowest BCUT2D eigenvalue weighted by Crippen LogP contribution is -2.47. The van der Waals surface area contributed by atoms with Crippen LogP contribution in [0.15, 0.2) is 48.8 Å². The molecular formula is C20H24ClN3O. The van der Waals surface area contributed by atoms with E-state index in [2.05, 4.69) is 29.1 Å². The monoisotopic (exact) mass is 357 g/mol. The van der Waals surface area contributed by atoms with Gasteiger partial charge in [0.15, 0.2) is 0 Å². The number of rotatable bonds is 5. The van der Waals surface area contributed by atoms with Gasteiger partial charge in [0.05, 0.1) is 10.6 Å². The van der Waals surface area contributed by atoms with E-state index in [4.69, 9.17) is 11.6 Å². The van der Waals surface area contributed by atoms with Gasteiger partial charge in [-0.05, 0) is 51.0 Å². The molecule has 1 aliphatic heterocycles. The third-order valence-corrected chi connectivity index (χ3v) is 5.03. The number of benzene rings is 1. The molecule has 25 heavy (non-hydrogen) atoms. The number of nitrogens with zero attached hydrogens (tertiary/aromatic N) is 3. The minimum atomic E-state index is 0.0282. The van der Waals surface area contributed by atoms with Gasteiger partial charge in [-0.15, -0.1) is 0 Å². The van der Waals surface area contributed by atoms with E-state index in [1.807, 2.05) is 23.1 Å². The first-order valence-corrected chi connectivity index (χ1v) is 9.15. The Labute approximate surface area is 154 Å². The largest absolute Gasteiger partial charge is 0.335 e. The van der Waals surface area contributed by atoms with Gasteiger partial charge >= 0.3 is 0 Å². The molecule has 0 aliphatic carbocycles. The molecular weight excluding hydrogens is 334 g/mol. The van der Waals surface area contributed by atoms with Crippen molar-refractivity contribution in [2.24, 2.45) is 0 Å². The molecule has 4 nitrogen and oxygen atoms in total. The number of carbonyl (C=O) groups excluding carboxylic acids is 1. The highest BCUT2D eigenvalue weighted by Crippen LogP contribution is 2.20. The maximum Gasteiger partial charge on any atom is 0.255 e. The quantitative estimate of drug-likeness (QED) is 0.821. The first-order chi connectivity index (χ1) is 12.1. The van der Waals surface area contributed by atoms with Crippen molar-refractivity contribution in [1.82, 2.24) is 14.8 Å². The van der Waals surface area contributed by atoms with Gasteiger partial charge in [-0.3, -0.25) is 9.78 Å². The summed E-state index contributed by atoms with van der Waals surface area (Å²) in [7, 11) is 2.13. The molecule has 2 aromatic rings. The lowest BCUT2D eigenvalue weighted by Gasteiger charge is -2.37. The Morgan fingerprint density at radius 1 is 1.24 bits per heavy atom. The van der Waals surface area contributed by atoms with Gasteiger partial charge in [-0.25, -0.2) is 0 Å². The van der Waals surface area contributed by atoms with Crippen molar-refractivity contribution in [3.05, 3.63) is 64.9 Å². The van der Waals surface area contributed by atoms with E-state index in [9.17, 15) is 4.79 Å². The number of aromatic nitrogens is 1. The Morgan fingerprint density at radius 3 is 2.64 bits per heavy atom. The summed E-state index contributed by atoms with van der Waals surface area (Å²) in [6.45, 7) is 2.75. The molecule has 1 aromatic heterocycles. The Kier molecular flexibility index (Phi) is 6.05. The molecule has 0 bridgehead atoms. The average molecular weight is 358 g/mol. The summed E-state index contributed by atoms with van der Waals surface area (Å²) in [6, 6.07) is 12.3. The van der Waals surface area contributed by atoms with Crippen molar-refractivity contribution in [2.75, 3.05) is 26.7 Å². The van der Waals surface area contributed by atoms with E-state index >= 15 is 0 Å². The number of carbonyl (C=O) groups is 1. The summed E-state index contributed by atoms with van der Waals surface area (Å²) >= 11 is 6.03. The highest BCUT2D eigenvalue weighted by Gasteiger charge is 2.27. The Morgan fingerprint density at radius 2 is 1.96 bits per heavy atom. The molecule has 0 saturated carbocycles. The van der Waals surface area contributed by atoms with Crippen LogP contribution in [-0.2, 0) is 6.42 Å². The molecule has 0 spiro atoms. The Balaban J connectivity index is 1.77. The number of hydrogen-bond acceptors (Lipinski definition) is 3. The van der Waals surface area contributed by atoms with Crippen LogP contribution in [0, 0.1) is 0 Å². The topological polar surface area (TPSA) is 36.4 Å². The van der Waals surface area contributed by atoms with E-state index in [0.29, 0.717) is 17.1 Å². The molecule has 0 N–H and O–H groups in total. The van der Waals surface area contributed by atoms with Crippen molar-refractivity contribution in [2.45, 2.75) is 25.3 Å². The summed E-state index contributed by atoms with van der Waals surface area (Å²) in [5.74, 6) is 0.0282. The molecule has 0 atom stereocenters. The predicted octanol–water partition coefficient (Wildman–Crippen LogP) is 3.51. The van der Waals surface area contributed by atoms with Crippen molar-refractivity contribution in [3.63, 3.8) is 0 Å². The van der Waals surface area contributed by atoms with Crippen LogP contribution in [0.25, 0.3) is 0 Å². The predicted molar refractivity (Wildman–Crippen MR) is 101 cm³/mol. The smallest absolute Gasteiger partial charge is 0.255 e. The van der Waals surface area contributed by atoms with Crippen LogP contribution >= 0.6 is 11.6 Å². The summed E-state index contributed by atoms with van der Waals surface area (Å²) in [5.41, 5.74) is 1.82. The van der Waals surface area contributed by atoms with Crippen LogP contribution in [0.3, 0.4) is 0 Å². The number of amides is 1. The molecule has 1 fully saturated rings. The van der Waals surface area contributed by atoms with Gasteiger partial charge in [-0.1, -0.05) is 41.9 Å². The zero-order chi connectivity index (χ0) is 17.6. The van der Waals surface area contributed by atoms with Crippen molar-refractivity contribution in [3.8, 4) is 0 Å². The van der Waals surface area contributed by atoms with Crippen LogP contribution in [0.2, 0.25) is 5.02 Å². The molecule has 0 unspecified atom stereocenters. The molecule has 1 aliphatic rings. The van der Waals surface area contributed by atoms with E-state index in [-0.39, 0.29) is 11.9 Å². The minimum Gasteiger partial charge on any atom is -0.335 e. The fourth-order valence-electron chi connectivity index (χ4n) is 3.35. The third-order valence-electron chi connectivity index (χ3n) is 4.83. The SMILES string of the molecule is CN1CCC(N(CCc2ccccc2)C(=O)c2cncc(Cl)c2)CC1. The van der Waals surface area contributed by atoms with E-state index < -0.39 is 0 Å². The van der Waals surface area contributed by atoms with Crippen LogP contribution in [-0.4, -0.2) is 53.4 Å². The van der Waals surface area contributed by atoms with Gasteiger partial charge in [0.2, 0.25) is 0 Å². The minimum absolute atomic E-state index is 0.0282. The Bertz CT molecular complexity index is 699. The highest BCUT2D eigenvalue weighted by molar-refractivity contribution is 6.30. The van der Waals surface area contributed by atoms with Crippen molar-refractivity contribution < 1.29 is 4.79 Å². The number of piperidine rings is 1. The van der Waals surface area contributed by atoms with Crippen LogP contribution in [0.4, 0.5) is 0 Å². The van der Waals surface area contributed by atoms with Crippen LogP contribution in [0.1, 0.15) is 28.8 Å². The molecule has 1 saturated heterocycles. The molecule has 1 amide bonds. The molecule has 5 heteroatoms. The molecule has 1 aromatic carbocycles. The van der Waals surface area contributed by atoms with Gasteiger partial charge in [-0.2, -0.15) is 0 Å². The second kappa shape index (κ2) is 8.45. The van der Waals surface area contributed by atoms with Gasteiger partial charge in [0.25, 0.3) is 5.91 Å². The average Bonchev–Trinajstić information content (AvgIpc) is 2.64. The fraction of sp³-hybridized carbons (Fsp3) is 0.400. The maximum absolute atomic E-state index is 13.1. The van der Waals surface area contributed by atoms with Crippen LogP contribution < -0.4 is 0 Å². The van der Waals surface area contributed by atoms with Gasteiger partial charge in [0, 0.05) is 25.0 Å². The fourth-order valence-corrected chi connectivity index (χ4v) is 3.52. The highest BCUT2D eigenvalue weighted by atomic mass is 35.5. The van der Waals surface area contributed by atoms with Crippen molar-refractivity contribution >= 4 is 17.5 Å². The number of likely N-dealkylation sites (tertiary alicyclic amines) is 1. The zero-order valence-corrected chi connectivity index (χ0v) is 15.3. The number of halogens is 1. The van der Waals surface area contributed by atoms with Crippen molar-refractivity contribution in [1.29, 1.82) is 0 Å². The number of pyridine rings is 1. The summed E-state index contributed by atoms with van der Waals surface area (Å²) < 4.78 is 0. The van der Waals surface area contributed by atoms with E-state index in [1.165, 1.54) is 5.56 Å².